The van der Waals surface area contributed by atoms with Crippen LogP contribution in [0.5, 0.6) is 5.75 Å². The summed E-state index contributed by atoms with van der Waals surface area (Å²) in [4.78, 5) is 12.1. The summed E-state index contributed by atoms with van der Waals surface area (Å²) in [6, 6.07) is 11.0. The van der Waals surface area contributed by atoms with Crippen LogP contribution < -0.4 is 10.1 Å². The Labute approximate surface area is 143 Å². The molecule has 3 rings (SSSR count). The second-order valence-corrected chi connectivity index (χ2v) is 5.94. The highest BCUT2D eigenvalue weighted by Crippen LogP contribution is 2.23. The summed E-state index contributed by atoms with van der Waals surface area (Å²) in [5.41, 5.74) is 1.36. The molecule has 8 heteroatoms. The summed E-state index contributed by atoms with van der Waals surface area (Å²) in [7, 11) is 1.57. The van der Waals surface area contributed by atoms with Crippen molar-refractivity contribution < 1.29 is 9.53 Å². The first-order valence-corrected chi connectivity index (χ1v) is 8.47. The molecule has 0 saturated carbocycles. The number of ether oxygens (including phenoxy) is 1. The normalized spacial score (nSPS) is 10.8. The zero-order valence-corrected chi connectivity index (χ0v) is 14.2. The van der Waals surface area contributed by atoms with Gasteiger partial charge in [-0.1, -0.05) is 30.8 Å². The number of methoxy groups -OCH3 is 1. The van der Waals surface area contributed by atoms with Crippen LogP contribution in [-0.2, 0) is 11.2 Å². The number of benzene rings is 1. The minimum atomic E-state index is -0.120. The van der Waals surface area contributed by atoms with Gasteiger partial charge in [-0.3, -0.25) is 4.79 Å². The summed E-state index contributed by atoms with van der Waals surface area (Å²) in [6.07, 6.45) is 0.747. The van der Waals surface area contributed by atoms with E-state index in [-0.39, 0.29) is 11.7 Å². The molecule has 0 spiro atoms. The summed E-state index contributed by atoms with van der Waals surface area (Å²) in [5.74, 6) is 1.56. The van der Waals surface area contributed by atoms with Crippen LogP contribution in [0.4, 0.5) is 5.69 Å². The Balaban J connectivity index is 1.65. The van der Waals surface area contributed by atoms with E-state index in [1.165, 1.54) is 11.8 Å². The zero-order chi connectivity index (χ0) is 16.9. The van der Waals surface area contributed by atoms with Gasteiger partial charge in [-0.05, 0) is 24.3 Å². The number of carbonyl (C=O) groups is 1. The smallest absolute Gasteiger partial charge is 0.234 e. The fourth-order valence-electron chi connectivity index (χ4n) is 2.19. The minimum absolute atomic E-state index is 0.120. The first-order chi connectivity index (χ1) is 11.7. The Bertz CT molecular complexity index is 865. The molecular formula is C16H17N5O2S. The molecule has 1 N–H and O–H groups in total. The largest absolute Gasteiger partial charge is 0.495 e. The van der Waals surface area contributed by atoms with Gasteiger partial charge in [0.1, 0.15) is 10.8 Å². The van der Waals surface area contributed by atoms with Crippen molar-refractivity contribution in [1.82, 2.24) is 19.8 Å². The van der Waals surface area contributed by atoms with Gasteiger partial charge < -0.3 is 10.1 Å². The lowest BCUT2D eigenvalue weighted by Crippen LogP contribution is -2.14. The van der Waals surface area contributed by atoms with Crippen LogP contribution in [0, 0.1) is 0 Å². The monoisotopic (exact) mass is 343 g/mol. The maximum absolute atomic E-state index is 12.1. The molecule has 7 nitrogen and oxygen atoms in total. The average Bonchev–Trinajstić information content (AvgIpc) is 3.02. The first-order valence-electron chi connectivity index (χ1n) is 7.48. The molecule has 0 radical (unpaired) electrons. The molecule has 0 aliphatic heterocycles. The number of rotatable bonds is 6. The van der Waals surface area contributed by atoms with E-state index in [0.29, 0.717) is 17.1 Å². The van der Waals surface area contributed by atoms with Crippen LogP contribution in [0.1, 0.15) is 12.7 Å². The number of thioether (sulfide) groups is 1. The molecule has 1 amide bonds. The number of amides is 1. The van der Waals surface area contributed by atoms with Gasteiger partial charge in [-0.2, -0.15) is 9.61 Å². The lowest BCUT2D eigenvalue weighted by atomic mass is 10.3. The third-order valence-corrected chi connectivity index (χ3v) is 4.27. The van der Waals surface area contributed by atoms with Gasteiger partial charge in [0.05, 0.1) is 18.6 Å². The van der Waals surface area contributed by atoms with E-state index in [0.717, 1.165) is 17.3 Å². The number of carbonyl (C=O) groups excluding carboxylic acids is 1. The van der Waals surface area contributed by atoms with E-state index in [4.69, 9.17) is 4.74 Å². The zero-order valence-electron chi connectivity index (χ0n) is 13.4. The van der Waals surface area contributed by atoms with E-state index in [1.54, 1.807) is 23.8 Å². The Morgan fingerprint density at radius 1 is 1.25 bits per heavy atom. The maximum atomic E-state index is 12.1. The van der Waals surface area contributed by atoms with E-state index in [2.05, 4.69) is 20.6 Å². The second kappa shape index (κ2) is 7.31. The highest BCUT2D eigenvalue weighted by molar-refractivity contribution is 7.99. The number of hydrogen-bond acceptors (Lipinski definition) is 6. The summed E-state index contributed by atoms with van der Waals surface area (Å²) in [5, 5.41) is 16.2. The number of hydrogen-bond donors (Lipinski definition) is 1. The summed E-state index contributed by atoms with van der Waals surface area (Å²) in [6.45, 7) is 2.00. The molecule has 1 aromatic carbocycles. The van der Waals surface area contributed by atoms with Gasteiger partial charge in [0.15, 0.2) is 11.5 Å². The SMILES string of the molecule is CCc1nnc2ccc(SCC(=O)Nc3ccccc3OC)nn12. The molecule has 3 aromatic rings. The highest BCUT2D eigenvalue weighted by Gasteiger charge is 2.10. The van der Waals surface area contributed by atoms with Crippen LogP contribution in [-0.4, -0.2) is 38.6 Å². The third kappa shape index (κ3) is 3.48. The Hall–Kier alpha value is -2.61. The molecule has 2 aromatic heterocycles. The standard InChI is InChI=1S/C16H17N5O2S/c1-3-13-18-19-14-8-9-16(20-21(13)14)24-10-15(22)17-11-6-4-5-7-12(11)23-2/h4-9H,3,10H2,1-2H3,(H,17,22). The number of anilines is 1. The average molecular weight is 343 g/mol. The van der Waals surface area contributed by atoms with Crippen molar-refractivity contribution in [2.24, 2.45) is 0 Å². The van der Waals surface area contributed by atoms with Crippen molar-refractivity contribution in [3.63, 3.8) is 0 Å². The Morgan fingerprint density at radius 2 is 2.08 bits per heavy atom. The highest BCUT2D eigenvalue weighted by atomic mass is 32.2. The van der Waals surface area contributed by atoms with Gasteiger partial charge in [-0.25, -0.2) is 0 Å². The lowest BCUT2D eigenvalue weighted by molar-refractivity contribution is -0.113. The fourth-order valence-corrected chi connectivity index (χ4v) is 2.84. The van der Waals surface area contributed by atoms with Crippen molar-refractivity contribution in [3.05, 3.63) is 42.2 Å². The van der Waals surface area contributed by atoms with Crippen molar-refractivity contribution in [2.75, 3.05) is 18.2 Å². The number of nitrogens with one attached hydrogen (secondary N) is 1. The first kappa shape index (κ1) is 16.3. The molecule has 0 atom stereocenters. The number of para-hydroxylation sites is 2. The maximum Gasteiger partial charge on any atom is 0.234 e. The van der Waals surface area contributed by atoms with Gasteiger partial charge in [0.2, 0.25) is 5.91 Å². The Morgan fingerprint density at radius 3 is 2.88 bits per heavy atom. The molecule has 2 heterocycles. The molecular weight excluding hydrogens is 326 g/mol. The van der Waals surface area contributed by atoms with Gasteiger partial charge in [-0.15, -0.1) is 10.2 Å². The second-order valence-electron chi connectivity index (χ2n) is 4.95. The molecule has 0 aliphatic carbocycles. The molecule has 0 unspecified atom stereocenters. The third-order valence-electron chi connectivity index (χ3n) is 3.35. The molecule has 0 aliphatic rings. The van der Waals surface area contributed by atoms with E-state index >= 15 is 0 Å². The van der Waals surface area contributed by atoms with Crippen LogP contribution in [0.25, 0.3) is 5.65 Å². The predicted octanol–water partition coefficient (Wildman–Crippen LogP) is 2.43. The molecule has 124 valence electrons. The number of fused-ring (bicyclic) bond motifs is 1. The van der Waals surface area contributed by atoms with Crippen molar-refractivity contribution in [3.8, 4) is 5.75 Å². The predicted molar refractivity (Wildman–Crippen MR) is 92.5 cm³/mol. The van der Waals surface area contributed by atoms with E-state index in [1.807, 2.05) is 31.2 Å². The molecule has 0 saturated heterocycles. The fraction of sp³-hybridized carbons (Fsp3) is 0.250. The number of nitrogens with zero attached hydrogens (tertiary/aromatic N) is 4. The van der Waals surface area contributed by atoms with Gasteiger partial charge >= 0.3 is 0 Å². The topological polar surface area (TPSA) is 81.4 Å². The van der Waals surface area contributed by atoms with Crippen LogP contribution in [0.3, 0.4) is 0 Å². The number of aryl methyl sites for hydroxylation is 1. The number of aromatic nitrogens is 4. The molecule has 0 fully saturated rings. The van der Waals surface area contributed by atoms with Crippen LogP contribution >= 0.6 is 11.8 Å². The van der Waals surface area contributed by atoms with E-state index in [9.17, 15) is 4.79 Å². The Kier molecular flexibility index (Phi) is 4.95. The molecule has 0 bridgehead atoms. The summed E-state index contributed by atoms with van der Waals surface area (Å²) >= 11 is 1.36. The summed E-state index contributed by atoms with van der Waals surface area (Å²) < 4.78 is 6.93. The quantitative estimate of drug-likeness (QED) is 0.692. The van der Waals surface area contributed by atoms with Crippen LogP contribution in [0.15, 0.2) is 41.4 Å². The lowest BCUT2D eigenvalue weighted by Gasteiger charge is -2.09. The van der Waals surface area contributed by atoms with Gasteiger partial charge in [0.25, 0.3) is 0 Å². The van der Waals surface area contributed by atoms with E-state index < -0.39 is 0 Å². The van der Waals surface area contributed by atoms with Crippen molar-refractivity contribution in [2.45, 2.75) is 18.4 Å². The van der Waals surface area contributed by atoms with Crippen molar-refractivity contribution in [1.29, 1.82) is 0 Å². The van der Waals surface area contributed by atoms with Crippen molar-refractivity contribution >= 4 is 29.0 Å². The molecule has 24 heavy (non-hydrogen) atoms. The minimum Gasteiger partial charge on any atom is -0.495 e. The van der Waals surface area contributed by atoms with Gasteiger partial charge in [0, 0.05) is 6.42 Å². The van der Waals surface area contributed by atoms with Crippen LogP contribution in [0.2, 0.25) is 0 Å².